The number of piperidine rings is 2. The highest BCUT2D eigenvalue weighted by atomic mass is 16.2. The zero-order chi connectivity index (χ0) is 23.4. The van der Waals surface area contributed by atoms with Crippen molar-refractivity contribution in [1.29, 1.82) is 0 Å². The first-order chi connectivity index (χ1) is 15.8. The van der Waals surface area contributed by atoms with Gasteiger partial charge < -0.3 is 25.3 Å². The van der Waals surface area contributed by atoms with Crippen LogP contribution >= 0.6 is 0 Å². The number of urea groups is 1. The molecule has 1 aromatic rings. The van der Waals surface area contributed by atoms with E-state index in [1.807, 2.05) is 13.0 Å². The third-order valence-corrected chi connectivity index (χ3v) is 7.86. The fourth-order valence-electron chi connectivity index (χ4n) is 5.53. The molecule has 182 valence electrons. The van der Waals surface area contributed by atoms with Gasteiger partial charge in [-0.3, -0.25) is 0 Å². The number of allylic oxidation sites excluding steroid dienone is 1. The SMILES string of the molecule is C1CN2CCC(CC2)N1.C=C(C)c1cccc(C(C)(C)NC(=O)N2CCN3CCC2CC3)c1. The van der Waals surface area contributed by atoms with Crippen molar-refractivity contribution in [3.63, 3.8) is 0 Å². The van der Waals surface area contributed by atoms with Crippen LogP contribution < -0.4 is 10.6 Å². The van der Waals surface area contributed by atoms with Crippen LogP contribution in [0.1, 0.15) is 57.6 Å². The van der Waals surface area contributed by atoms with Gasteiger partial charge in [0.2, 0.25) is 0 Å². The van der Waals surface area contributed by atoms with Gasteiger partial charge in [-0.2, -0.15) is 0 Å². The predicted molar refractivity (Wildman–Crippen MR) is 136 cm³/mol. The molecule has 6 fully saturated rings. The second-order valence-electron chi connectivity index (χ2n) is 10.8. The van der Waals surface area contributed by atoms with Gasteiger partial charge in [-0.25, -0.2) is 4.79 Å². The van der Waals surface area contributed by atoms with Crippen LogP contribution in [-0.2, 0) is 5.54 Å². The lowest BCUT2D eigenvalue weighted by atomic mass is 9.91. The quantitative estimate of drug-likeness (QED) is 0.736. The van der Waals surface area contributed by atoms with Crippen LogP contribution in [0.4, 0.5) is 4.79 Å². The molecule has 0 aliphatic carbocycles. The van der Waals surface area contributed by atoms with Gasteiger partial charge in [-0.05, 0) is 76.7 Å². The summed E-state index contributed by atoms with van der Waals surface area (Å²) in [5.74, 6) is 0. The molecular formula is C27H43N5O. The van der Waals surface area contributed by atoms with Crippen molar-refractivity contribution in [3.05, 3.63) is 42.0 Å². The minimum absolute atomic E-state index is 0.0643. The normalized spacial score (nSPS) is 28.9. The lowest BCUT2D eigenvalue weighted by Gasteiger charge is -2.35. The van der Waals surface area contributed by atoms with Crippen LogP contribution in [0.3, 0.4) is 0 Å². The molecule has 4 bridgehead atoms. The van der Waals surface area contributed by atoms with E-state index in [1.165, 1.54) is 39.0 Å². The van der Waals surface area contributed by atoms with Gasteiger partial charge in [0.15, 0.2) is 0 Å². The summed E-state index contributed by atoms with van der Waals surface area (Å²) in [6.45, 7) is 19.4. The molecule has 6 saturated heterocycles. The third kappa shape index (κ3) is 6.17. The zero-order valence-electron chi connectivity index (χ0n) is 20.9. The monoisotopic (exact) mass is 453 g/mol. The number of fused-ring (bicyclic) bond motifs is 8. The van der Waals surface area contributed by atoms with Crippen molar-refractivity contribution >= 4 is 11.6 Å². The van der Waals surface area contributed by atoms with Gasteiger partial charge in [0, 0.05) is 51.4 Å². The number of hydrogen-bond acceptors (Lipinski definition) is 4. The molecule has 6 aliphatic heterocycles. The number of hydrogen-bond donors (Lipinski definition) is 2. The highest BCUT2D eigenvalue weighted by molar-refractivity contribution is 5.76. The molecule has 33 heavy (non-hydrogen) atoms. The molecule has 0 spiro atoms. The Kier molecular flexibility index (Phi) is 7.77. The number of nitrogens with one attached hydrogen (secondary N) is 2. The lowest BCUT2D eigenvalue weighted by molar-refractivity contribution is 0.161. The summed E-state index contributed by atoms with van der Waals surface area (Å²) in [4.78, 5) is 20.0. The minimum Gasteiger partial charge on any atom is -0.329 e. The van der Waals surface area contributed by atoms with Crippen molar-refractivity contribution < 1.29 is 4.79 Å². The second-order valence-corrected chi connectivity index (χ2v) is 10.8. The summed E-state index contributed by atoms with van der Waals surface area (Å²) in [7, 11) is 0. The standard InChI is InChI=1S/C20H29N3O.C7H14N2/c1-15(2)16-6-5-7-17(14-16)20(3,4)21-19(24)23-13-12-22-10-8-18(23)9-11-22;1-4-9-5-2-7(1)8-3-6-9/h5-7,14,18H,1,8-13H2,2-4H3,(H,21,24);7-8H,1-6H2. The molecule has 2 amide bonds. The van der Waals surface area contributed by atoms with E-state index in [4.69, 9.17) is 0 Å². The Morgan fingerprint density at radius 3 is 2.36 bits per heavy atom. The van der Waals surface area contributed by atoms with E-state index >= 15 is 0 Å². The smallest absolute Gasteiger partial charge is 0.318 e. The Labute approximate surface area is 200 Å². The van der Waals surface area contributed by atoms with Crippen molar-refractivity contribution in [2.75, 3.05) is 52.4 Å². The third-order valence-electron chi connectivity index (χ3n) is 7.86. The summed E-state index contributed by atoms with van der Waals surface area (Å²) >= 11 is 0. The summed E-state index contributed by atoms with van der Waals surface area (Å²) in [5, 5.41) is 6.79. The highest BCUT2D eigenvalue weighted by Gasteiger charge is 2.34. The first kappa shape index (κ1) is 24.2. The molecule has 7 rings (SSSR count). The zero-order valence-corrected chi connectivity index (χ0v) is 20.9. The maximum absolute atomic E-state index is 12.9. The minimum atomic E-state index is -0.410. The van der Waals surface area contributed by atoms with Gasteiger partial charge in [0.25, 0.3) is 0 Å². The summed E-state index contributed by atoms with van der Waals surface area (Å²) in [6, 6.07) is 9.61. The maximum atomic E-state index is 12.9. The van der Waals surface area contributed by atoms with E-state index in [-0.39, 0.29) is 6.03 Å². The average Bonchev–Trinajstić information content (AvgIpc) is 3.33. The summed E-state index contributed by atoms with van der Waals surface area (Å²) in [5.41, 5.74) is 2.86. The molecule has 0 atom stereocenters. The molecule has 6 aliphatic rings. The van der Waals surface area contributed by atoms with Crippen LogP contribution in [0.25, 0.3) is 5.57 Å². The van der Waals surface area contributed by atoms with Crippen LogP contribution in [0.5, 0.6) is 0 Å². The van der Waals surface area contributed by atoms with E-state index in [2.05, 4.69) is 64.0 Å². The van der Waals surface area contributed by atoms with Gasteiger partial charge in [0.1, 0.15) is 0 Å². The van der Waals surface area contributed by atoms with Crippen LogP contribution in [-0.4, -0.2) is 85.2 Å². The Bertz CT molecular complexity index is 804. The Morgan fingerprint density at radius 2 is 1.67 bits per heavy atom. The van der Waals surface area contributed by atoms with E-state index in [9.17, 15) is 4.79 Å². The molecule has 0 unspecified atom stereocenters. The molecule has 6 heteroatoms. The number of benzene rings is 1. The molecule has 0 aromatic heterocycles. The molecule has 6 nitrogen and oxygen atoms in total. The number of amides is 2. The van der Waals surface area contributed by atoms with Gasteiger partial charge in [-0.15, -0.1) is 0 Å². The Hall–Kier alpha value is -1.89. The van der Waals surface area contributed by atoms with E-state index in [1.54, 1.807) is 0 Å². The predicted octanol–water partition coefficient (Wildman–Crippen LogP) is 3.50. The highest BCUT2D eigenvalue weighted by Crippen LogP contribution is 2.26. The molecular weight excluding hydrogens is 410 g/mol. The second kappa shape index (κ2) is 10.6. The summed E-state index contributed by atoms with van der Waals surface area (Å²) in [6.07, 6.45) is 4.94. The van der Waals surface area contributed by atoms with Gasteiger partial charge in [-0.1, -0.05) is 30.4 Å². The molecule has 0 saturated carbocycles. The number of rotatable bonds is 3. The average molecular weight is 454 g/mol. The summed E-state index contributed by atoms with van der Waals surface area (Å²) < 4.78 is 0. The van der Waals surface area contributed by atoms with Crippen molar-refractivity contribution in [3.8, 4) is 0 Å². The maximum Gasteiger partial charge on any atom is 0.318 e. The van der Waals surface area contributed by atoms with Crippen molar-refractivity contribution in [2.45, 2.75) is 64.1 Å². The van der Waals surface area contributed by atoms with Crippen molar-refractivity contribution in [1.82, 2.24) is 25.3 Å². The Morgan fingerprint density at radius 1 is 1.00 bits per heavy atom. The number of carbonyl (C=O) groups is 1. The fourth-order valence-corrected chi connectivity index (χ4v) is 5.53. The lowest BCUT2D eigenvalue weighted by Crippen LogP contribution is -2.52. The van der Waals surface area contributed by atoms with E-state index in [0.717, 1.165) is 61.8 Å². The van der Waals surface area contributed by atoms with E-state index in [0.29, 0.717) is 6.04 Å². The largest absolute Gasteiger partial charge is 0.329 e. The van der Waals surface area contributed by atoms with Crippen LogP contribution in [0, 0.1) is 0 Å². The number of nitrogens with zero attached hydrogens (tertiary/aromatic N) is 3. The van der Waals surface area contributed by atoms with Crippen LogP contribution in [0.15, 0.2) is 30.8 Å². The number of carbonyl (C=O) groups excluding carboxylic acids is 1. The first-order valence-electron chi connectivity index (χ1n) is 12.8. The van der Waals surface area contributed by atoms with E-state index < -0.39 is 5.54 Å². The van der Waals surface area contributed by atoms with Gasteiger partial charge in [0.05, 0.1) is 5.54 Å². The molecule has 0 radical (unpaired) electrons. The molecule has 6 heterocycles. The molecule has 1 aromatic carbocycles. The van der Waals surface area contributed by atoms with Gasteiger partial charge >= 0.3 is 6.03 Å². The first-order valence-corrected chi connectivity index (χ1v) is 12.8. The van der Waals surface area contributed by atoms with Crippen LogP contribution in [0.2, 0.25) is 0 Å². The molecule has 2 N–H and O–H groups in total. The topological polar surface area (TPSA) is 50.9 Å². The van der Waals surface area contributed by atoms with Crippen molar-refractivity contribution in [2.24, 2.45) is 0 Å². The fraction of sp³-hybridized carbons (Fsp3) is 0.667. The Balaban J connectivity index is 0.000000238.